The van der Waals surface area contributed by atoms with Crippen LogP contribution >= 0.6 is 11.3 Å². The van der Waals surface area contributed by atoms with Crippen molar-refractivity contribution in [1.29, 1.82) is 0 Å². The summed E-state index contributed by atoms with van der Waals surface area (Å²) in [5.41, 5.74) is 0. The maximum Gasteiger partial charge on any atom is 0.132 e. The zero-order valence-corrected chi connectivity index (χ0v) is 13.6. The topological polar surface area (TPSA) is 33.5 Å². The number of carbonyl (C=O) groups is 1. The van der Waals surface area contributed by atoms with Crippen LogP contribution in [0.4, 0.5) is 0 Å². The second kappa shape index (κ2) is 8.15. The minimum absolute atomic E-state index is 0.347. The molecule has 114 valence electrons. The normalized spacial score (nSPS) is 11.2. The number of thiophene rings is 1. The molecule has 0 spiro atoms. The Morgan fingerprint density at radius 1 is 1.29 bits per heavy atom. The molecule has 0 saturated heterocycles. The van der Waals surface area contributed by atoms with Crippen LogP contribution in [0, 0.1) is 6.92 Å². The average molecular weight is 305 g/mol. The van der Waals surface area contributed by atoms with Crippen molar-refractivity contribution in [2.45, 2.75) is 46.2 Å². The zero-order valence-electron chi connectivity index (χ0n) is 12.8. The third kappa shape index (κ3) is 5.48. The van der Waals surface area contributed by atoms with E-state index in [4.69, 9.17) is 4.42 Å². The van der Waals surface area contributed by atoms with Gasteiger partial charge >= 0.3 is 0 Å². The van der Waals surface area contributed by atoms with Crippen LogP contribution in [-0.4, -0.2) is 17.2 Å². The van der Waals surface area contributed by atoms with Crippen LogP contribution in [-0.2, 0) is 17.9 Å². The number of furan rings is 1. The maximum absolute atomic E-state index is 11.4. The fourth-order valence-corrected chi connectivity index (χ4v) is 3.24. The summed E-state index contributed by atoms with van der Waals surface area (Å²) in [7, 11) is 0. The van der Waals surface area contributed by atoms with Gasteiger partial charge in [-0.25, -0.2) is 0 Å². The fraction of sp³-hybridized carbons (Fsp3) is 0.471. The predicted molar refractivity (Wildman–Crippen MR) is 86.4 cm³/mol. The monoisotopic (exact) mass is 305 g/mol. The number of ketones is 1. The Bertz CT molecular complexity index is 545. The first-order valence-corrected chi connectivity index (χ1v) is 8.30. The lowest BCUT2D eigenvalue weighted by Crippen LogP contribution is -2.23. The van der Waals surface area contributed by atoms with Crippen molar-refractivity contribution < 1.29 is 9.21 Å². The Morgan fingerprint density at radius 2 is 2.14 bits per heavy atom. The number of hydrogen-bond acceptors (Lipinski definition) is 4. The van der Waals surface area contributed by atoms with Gasteiger partial charge in [0.25, 0.3) is 0 Å². The van der Waals surface area contributed by atoms with Gasteiger partial charge in [0.1, 0.15) is 11.5 Å². The third-order valence-corrected chi connectivity index (χ3v) is 4.44. The van der Waals surface area contributed by atoms with E-state index in [2.05, 4.69) is 24.0 Å². The smallest absolute Gasteiger partial charge is 0.132 e. The number of carbonyl (C=O) groups excluding carboxylic acids is 1. The van der Waals surface area contributed by atoms with Gasteiger partial charge in [0, 0.05) is 29.1 Å². The number of aryl methyl sites for hydroxylation is 1. The van der Waals surface area contributed by atoms with Gasteiger partial charge in [-0.05, 0) is 44.2 Å². The average Bonchev–Trinajstić information content (AvgIpc) is 3.10. The summed E-state index contributed by atoms with van der Waals surface area (Å²) in [6.07, 6.45) is 3.94. The summed E-state index contributed by atoms with van der Waals surface area (Å²) < 4.78 is 5.45. The minimum atomic E-state index is 0.347. The standard InChI is InChI=1S/C17H23NO2S/c1-3-15(19)6-4-10-18(12-16-7-5-11-20-16)13-17-9-8-14(2)21-17/h5,7-9,11H,3-4,6,10,12-13H2,1-2H3. The first-order valence-electron chi connectivity index (χ1n) is 7.49. The quantitative estimate of drug-likeness (QED) is 0.688. The van der Waals surface area contributed by atoms with Crippen LogP contribution < -0.4 is 0 Å². The number of rotatable bonds is 9. The maximum atomic E-state index is 11.4. The van der Waals surface area contributed by atoms with E-state index in [-0.39, 0.29) is 0 Å². The molecule has 2 aromatic heterocycles. The number of nitrogens with zero attached hydrogens (tertiary/aromatic N) is 1. The molecule has 0 fully saturated rings. The molecule has 2 heterocycles. The molecule has 0 unspecified atom stereocenters. The molecule has 0 saturated carbocycles. The van der Waals surface area contributed by atoms with E-state index in [0.29, 0.717) is 18.6 Å². The molecule has 0 amide bonds. The van der Waals surface area contributed by atoms with Gasteiger partial charge < -0.3 is 4.42 Å². The molecule has 0 aliphatic heterocycles. The summed E-state index contributed by atoms with van der Waals surface area (Å²) >= 11 is 1.83. The van der Waals surface area contributed by atoms with E-state index in [1.165, 1.54) is 9.75 Å². The van der Waals surface area contributed by atoms with Crippen molar-refractivity contribution in [2.24, 2.45) is 0 Å². The van der Waals surface area contributed by atoms with Crippen molar-refractivity contribution >= 4 is 17.1 Å². The molecule has 0 atom stereocenters. The fourth-order valence-electron chi connectivity index (χ4n) is 2.30. The molecular formula is C17H23NO2S. The summed E-state index contributed by atoms with van der Waals surface area (Å²) in [6.45, 7) is 6.69. The molecule has 2 aromatic rings. The molecule has 0 N–H and O–H groups in total. The Hall–Kier alpha value is -1.39. The van der Waals surface area contributed by atoms with Crippen LogP contribution in [0.25, 0.3) is 0 Å². The van der Waals surface area contributed by atoms with Crippen molar-refractivity contribution in [1.82, 2.24) is 4.90 Å². The molecule has 0 aliphatic carbocycles. The first kappa shape index (κ1) is 16.0. The molecular weight excluding hydrogens is 282 g/mol. The predicted octanol–water partition coefficient (Wildman–Crippen LogP) is 4.41. The number of hydrogen-bond donors (Lipinski definition) is 0. The lowest BCUT2D eigenvalue weighted by Gasteiger charge is -2.20. The highest BCUT2D eigenvalue weighted by atomic mass is 32.1. The molecule has 0 aliphatic rings. The third-order valence-electron chi connectivity index (χ3n) is 3.46. The van der Waals surface area contributed by atoms with Crippen LogP contribution in [0.2, 0.25) is 0 Å². The molecule has 2 rings (SSSR count). The highest BCUT2D eigenvalue weighted by molar-refractivity contribution is 7.11. The summed E-state index contributed by atoms with van der Waals surface area (Å²) in [5, 5.41) is 0. The summed E-state index contributed by atoms with van der Waals surface area (Å²) in [6, 6.07) is 8.27. The second-order valence-corrected chi connectivity index (χ2v) is 6.67. The van der Waals surface area contributed by atoms with E-state index >= 15 is 0 Å². The van der Waals surface area contributed by atoms with E-state index in [1.807, 2.05) is 30.4 Å². The molecule has 0 radical (unpaired) electrons. The van der Waals surface area contributed by atoms with Crippen molar-refractivity contribution in [3.63, 3.8) is 0 Å². The van der Waals surface area contributed by atoms with Crippen LogP contribution in [0.1, 0.15) is 41.7 Å². The summed E-state index contributed by atoms with van der Waals surface area (Å²) in [4.78, 5) is 16.5. The molecule has 4 heteroatoms. The van der Waals surface area contributed by atoms with Crippen LogP contribution in [0.15, 0.2) is 34.9 Å². The lowest BCUT2D eigenvalue weighted by atomic mass is 10.2. The second-order valence-electron chi connectivity index (χ2n) is 5.30. The van der Waals surface area contributed by atoms with E-state index in [9.17, 15) is 4.79 Å². The Labute approximate surface area is 130 Å². The van der Waals surface area contributed by atoms with Crippen LogP contribution in [0.3, 0.4) is 0 Å². The Morgan fingerprint density at radius 3 is 2.76 bits per heavy atom. The molecule has 0 bridgehead atoms. The largest absolute Gasteiger partial charge is 0.468 e. The van der Waals surface area contributed by atoms with Gasteiger partial charge in [-0.3, -0.25) is 9.69 Å². The van der Waals surface area contributed by atoms with E-state index < -0.39 is 0 Å². The molecule has 0 aromatic carbocycles. The van der Waals surface area contributed by atoms with Gasteiger partial charge in [0.15, 0.2) is 0 Å². The van der Waals surface area contributed by atoms with E-state index in [0.717, 1.165) is 31.8 Å². The highest BCUT2D eigenvalue weighted by Gasteiger charge is 2.11. The molecule has 3 nitrogen and oxygen atoms in total. The zero-order chi connectivity index (χ0) is 15.1. The first-order chi connectivity index (χ1) is 10.2. The van der Waals surface area contributed by atoms with E-state index in [1.54, 1.807) is 6.26 Å². The van der Waals surface area contributed by atoms with Crippen molar-refractivity contribution in [3.05, 3.63) is 46.0 Å². The minimum Gasteiger partial charge on any atom is -0.468 e. The van der Waals surface area contributed by atoms with Crippen molar-refractivity contribution in [2.75, 3.05) is 6.54 Å². The van der Waals surface area contributed by atoms with Gasteiger partial charge in [0.2, 0.25) is 0 Å². The van der Waals surface area contributed by atoms with Gasteiger partial charge in [-0.2, -0.15) is 0 Å². The van der Waals surface area contributed by atoms with Crippen LogP contribution in [0.5, 0.6) is 0 Å². The molecule has 21 heavy (non-hydrogen) atoms. The van der Waals surface area contributed by atoms with Gasteiger partial charge in [0.05, 0.1) is 12.8 Å². The lowest BCUT2D eigenvalue weighted by molar-refractivity contribution is -0.118. The SMILES string of the molecule is CCC(=O)CCCN(Cc1ccco1)Cc1ccc(C)s1. The summed E-state index contributed by atoms with van der Waals surface area (Å²) in [5.74, 6) is 1.32. The number of Topliss-reactive ketones (excluding diaryl/α,β-unsaturated/α-hetero) is 1. The highest BCUT2D eigenvalue weighted by Crippen LogP contribution is 2.19. The van der Waals surface area contributed by atoms with Crippen molar-refractivity contribution in [3.8, 4) is 0 Å². The Balaban J connectivity index is 1.91. The van der Waals surface area contributed by atoms with Gasteiger partial charge in [-0.1, -0.05) is 6.92 Å². The van der Waals surface area contributed by atoms with Gasteiger partial charge in [-0.15, -0.1) is 11.3 Å². The Kier molecular flexibility index (Phi) is 6.21.